The van der Waals surface area contributed by atoms with Crippen molar-refractivity contribution < 1.29 is 14.7 Å². The first-order valence-electron chi connectivity index (χ1n) is 8.19. The Hall–Kier alpha value is -2.20. The van der Waals surface area contributed by atoms with Gasteiger partial charge in [-0.2, -0.15) is 0 Å². The summed E-state index contributed by atoms with van der Waals surface area (Å²) in [7, 11) is 0. The van der Waals surface area contributed by atoms with Crippen molar-refractivity contribution in [2.45, 2.75) is 38.7 Å². The van der Waals surface area contributed by atoms with Crippen molar-refractivity contribution in [1.29, 1.82) is 0 Å². The third-order valence-corrected chi connectivity index (χ3v) is 5.79. The van der Waals surface area contributed by atoms with Gasteiger partial charge in [-0.05, 0) is 29.4 Å². The van der Waals surface area contributed by atoms with Gasteiger partial charge in [0.15, 0.2) is 5.78 Å². The van der Waals surface area contributed by atoms with Gasteiger partial charge in [0.25, 0.3) is 0 Å². The number of Topliss-reactive ketones (excluding diaryl/α,β-unsaturated/α-hetero) is 1. The van der Waals surface area contributed by atoms with Crippen LogP contribution in [0, 0.1) is 11.3 Å². The van der Waals surface area contributed by atoms with Gasteiger partial charge in [-0.3, -0.25) is 9.59 Å². The fraction of sp³-hybridized carbons (Fsp3) is 0.400. The molecule has 0 heterocycles. The second kappa shape index (κ2) is 5.42. The van der Waals surface area contributed by atoms with E-state index in [-0.39, 0.29) is 17.1 Å². The van der Waals surface area contributed by atoms with E-state index >= 15 is 0 Å². The van der Waals surface area contributed by atoms with Gasteiger partial charge < -0.3 is 10.4 Å². The van der Waals surface area contributed by atoms with Crippen molar-refractivity contribution in [2.24, 2.45) is 11.3 Å². The van der Waals surface area contributed by atoms with Gasteiger partial charge in [-0.25, -0.2) is 0 Å². The molecule has 1 amide bonds. The largest absolute Gasteiger partial charge is 0.392 e. The third-order valence-electron chi connectivity index (χ3n) is 5.79. The van der Waals surface area contributed by atoms with Gasteiger partial charge in [0.05, 0.1) is 11.8 Å². The zero-order valence-electron chi connectivity index (χ0n) is 14.3. The number of anilines is 1. The lowest BCUT2D eigenvalue weighted by Gasteiger charge is -2.48. The molecule has 0 bridgehead atoms. The summed E-state index contributed by atoms with van der Waals surface area (Å²) in [6.07, 6.45) is 4.09. The van der Waals surface area contributed by atoms with E-state index in [1.807, 2.05) is 25.1 Å². The van der Waals surface area contributed by atoms with Crippen LogP contribution >= 0.6 is 0 Å². The summed E-state index contributed by atoms with van der Waals surface area (Å²) in [6, 6.07) is 5.53. The van der Waals surface area contributed by atoms with Crippen molar-refractivity contribution >= 4 is 17.9 Å². The summed E-state index contributed by atoms with van der Waals surface area (Å²) in [5, 5.41) is 13.2. The van der Waals surface area contributed by atoms with Crippen molar-refractivity contribution in [2.75, 3.05) is 5.32 Å². The fourth-order valence-corrected chi connectivity index (χ4v) is 4.09. The standard InChI is InChI=1S/C20H23NO3/c1-5-20(4)10-12-14(9-16(20)23)19(2,3)13-7-6-8-15(21-11-22)17(13)18(12)24/h5-8,10-11,14,16,23H,1,9H2,2-4H3,(H,21,22)/t14-,16+,20+/m0/s1. The molecule has 0 spiro atoms. The summed E-state index contributed by atoms with van der Waals surface area (Å²) in [5.41, 5.74) is 1.77. The molecule has 126 valence electrons. The van der Waals surface area contributed by atoms with Crippen LogP contribution in [0.2, 0.25) is 0 Å². The Balaban J connectivity index is 2.27. The average Bonchev–Trinajstić information content (AvgIpc) is 2.55. The molecule has 0 unspecified atom stereocenters. The van der Waals surface area contributed by atoms with Crippen LogP contribution in [-0.4, -0.2) is 23.4 Å². The first-order chi connectivity index (χ1) is 11.3. The predicted molar refractivity (Wildman–Crippen MR) is 94.0 cm³/mol. The lowest BCUT2D eigenvalue weighted by molar-refractivity contribution is -0.105. The summed E-state index contributed by atoms with van der Waals surface area (Å²) in [4.78, 5) is 24.1. The Kier molecular flexibility index (Phi) is 3.76. The van der Waals surface area contributed by atoms with Crippen molar-refractivity contribution in [3.05, 3.63) is 53.6 Å². The average molecular weight is 325 g/mol. The van der Waals surface area contributed by atoms with E-state index in [1.54, 1.807) is 12.1 Å². The van der Waals surface area contributed by atoms with Crippen molar-refractivity contribution in [1.82, 2.24) is 0 Å². The molecule has 24 heavy (non-hydrogen) atoms. The first-order valence-corrected chi connectivity index (χ1v) is 8.19. The number of amides is 1. The van der Waals surface area contributed by atoms with E-state index in [1.165, 1.54) is 0 Å². The third kappa shape index (κ3) is 2.17. The van der Waals surface area contributed by atoms with E-state index < -0.39 is 11.5 Å². The van der Waals surface area contributed by atoms with Crippen LogP contribution < -0.4 is 5.32 Å². The number of aliphatic hydroxyl groups excluding tert-OH is 1. The van der Waals surface area contributed by atoms with Gasteiger partial charge in [0.1, 0.15) is 0 Å². The number of allylic oxidation sites excluding steroid dienone is 1. The second-order valence-electron chi connectivity index (χ2n) is 7.52. The van der Waals surface area contributed by atoms with Crippen LogP contribution in [0.1, 0.15) is 43.1 Å². The molecular weight excluding hydrogens is 302 g/mol. The van der Waals surface area contributed by atoms with Gasteiger partial charge in [-0.1, -0.05) is 45.1 Å². The number of rotatable bonds is 3. The summed E-state index contributed by atoms with van der Waals surface area (Å²) >= 11 is 0. The van der Waals surface area contributed by atoms with E-state index in [2.05, 4.69) is 25.7 Å². The summed E-state index contributed by atoms with van der Waals surface area (Å²) in [5.74, 6) is -0.133. The van der Waals surface area contributed by atoms with E-state index in [9.17, 15) is 14.7 Å². The van der Waals surface area contributed by atoms with Gasteiger partial charge in [0, 0.05) is 16.6 Å². The molecule has 3 atom stereocenters. The van der Waals surface area contributed by atoms with Crippen molar-refractivity contribution in [3.63, 3.8) is 0 Å². The van der Waals surface area contributed by atoms with Gasteiger partial charge in [0.2, 0.25) is 6.41 Å². The summed E-state index contributed by atoms with van der Waals surface area (Å²) in [6.45, 7) is 9.89. The minimum absolute atomic E-state index is 0.0630. The molecule has 4 nitrogen and oxygen atoms in total. The molecule has 4 heteroatoms. The number of aliphatic hydroxyl groups is 1. The van der Waals surface area contributed by atoms with Gasteiger partial charge in [-0.15, -0.1) is 6.58 Å². The zero-order valence-corrected chi connectivity index (χ0v) is 14.3. The summed E-state index contributed by atoms with van der Waals surface area (Å²) < 4.78 is 0. The molecule has 0 radical (unpaired) electrons. The molecule has 2 aliphatic carbocycles. The molecule has 2 aliphatic rings. The predicted octanol–water partition coefficient (Wildman–Crippen LogP) is 3.23. The molecule has 0 aromatic heterocycles. The van der Waals surface area contributed by atoms with E-state index in [4.69, 9.17) is 0 Å². The van der Waals surface area contributed by atoms with E-state index in [0.29, 0.717) is 29.7 Å². The maximum Gasteiger partial charge on any atom is 0.211 e. The molecular formula is C20H23NO3. The van der Waals surface area contributed by atoms with Crippen LogP contribution in [0.3, 0.4) is 0 Å². The number of hydrogen-bond acceptors (Lipinski definition) is 3. The SMILES string of the molecule is C=C[C@]1(C)C=C2C(=O)c3c(NC=O)cccc3C(C)(C)[C@H]2C[C@H]1O. The van der Waals surface area contributed by atoms with E-state index in [0.717, 1.165) is 5.56 Å². The maximum atomic E-state index is 13.2. The van der Waals surface area contributed by atoms with Crippen LogP contribution in [-0.2, 0) is 10.2 Å². The van der Waals surface area contributed by atoms with Crippen LogP contribution in [0.4, 0.5) is 5.69 Å². The lowest BCUT2D eigenvalue weighted by atomic mass is 9.56. The van der Waals surface area contributed by atoms with Crippen LogP contribution in [0.25, 0.3) is 0 Å². The molecule has 3 rings (SSSR count). The number of nitrogens with one attached hydrogen (secondary N) is 1. The molecule has 1 aromatic carbocycles. The molecule has 2 N–H and O–H groups in total. The quantitative estimate of drug-likeness (QED) is 0.662. The highest BCUT2D eigenvalue weighted by molar-refractivity contribution is 6.16. The number of hydrogen-bond donors (Lipinski definition) is 2. The Labute approximate surface area is 142 Å². The fourth-order valence-electron chi connectivity index (χ4n) is 4.09. The minimum Gasteiger partial charge on any atom is -0.392 e. The number of benzene rings is 1. The molecule has 0 saturated carbocycles. The Morgan fingerprint density at radius 1 is 1.33 bits per heavy atom. The number of ketones is 1. The number of fused-ring (bicyclic) bond motifs is 2. The molecule has 0 saturated heterocycles. The maximum absolute atomic E-state index is 13.2. The normalized spacial score (nSPS) is 30.7. The topological polar surface area (TPSA) is 66.4 Å². The highest BCUT2D eigenvalue weighted by Crippen LogP contribution is 2.52. The first kappa shape index (κ1) is 16.7. The Bertz CT molecular complexity index is 762. The number of carbonyl (C=O) groups is 2. The lowest BCUT2D eigenvalue weighted by Crippen LogP contribution is -2.47. The Morgan fingerprint density at radius 2 is 2.04 bits per heavy atom. The molecule has 0 aliphatic heterocycles. The van der Waals surface area contributed by atoms with Crippen LogP contribution in [0.15, 0.2) is 42.5 Å². The zero-order chi connectivity index (χ0) is 17.7. The highest BCUT2D eigenvalue weighted by Gasteiger charge is 2.49. The second-order valence-corrected chi connectivity index (χ2v) is 7.52. The minimum atomic E-state index is -0.623. The molecule has 0 fully saturated rings. The molecule has 1 aromatic rings. The van der Waals surface area contributed by atoms with Crippen molar-refractivity contribution in [3.8, 4) is 0 Å². The Morgan fingerprint density at radius 3 is 2.67 bits per heavy atom. The highest BCUT2D eigenvalue weighted by atomic mass is 16.3. The van der Waals surface area contributed by atoms with Gasteiger partial charge >= 0.3 is 0 Å². The smallest absolute Gasteiger partial charge is 0.211 e. The number of carbonyl (C=O) groups excluding carboxylic acids is 2. The van der Waals surface area contributed by atoms with Crippen LogP contribution in [0.5, 0.6) is 0 Å². The monoisotopic (exact) mass is 325 g/mol.